The third-order valence-electron chi connectivity index (χ3n) is 5.12. The van der Waals surface area contributed by atoms with E-state index in [1.165, 1.54) is 11.8 Å². The minimum atomic E-state index is -3.08. The van der Waals surface area contributed by atoms with Crippen molar-refractivity contribution in [2.45, 2.75) is 25.1 Å². The van der Waals surface area contributed by atoms with Gasteiger partial charge in [0.25, 0.3) is 5.91 Å². The van der Waals surface area contributed by atoms with E-state index in [9.17, 15) is 13.2 Å². The van der Waals surface area contributed by atoms with Crippen molar-refractivity contribution in [3.63, 3.8) is 0 Å². The molecule has 0 bridgehead atoms. The van der Waals surface area contributed by atoms with E-state index in [0.29, 0.717) is 10.7 Å². The Hall–Kier alpha value is -2.12. The van der Waals surface area contributed by atoms with Gasteiger partial charge in [-0.15, -0.1) is 0 Å². The standard InChI is InChI=1S/C20H20N2O3S2/c1-13-7-6-10-16(14(13)2)22-17-11-27(24,25)12-18(17)26-20(22)21-19(23)15-8-4-3-5-9-15/h3-10,17-18H,11-12H2,1-2H3. The van der Waals surface area contributed by atoms with Crippen molar-refractivity contribution >= 4 is 38.4 Å². The zero-order valence-corrected chi connectivity index (χ0v) is 16.8. The number of thioether (sulfide) groups is 1. The molecule has 2 unspecified atom stereocenters. The van der Waals surface area contributed by atoms with Crippen molar-refractivity contribution in [1.82, 2.24) is 0 Å². The summed E-state index contributed by atoms with van der Waals surface area (Å²) in [6.07, 6.45) is 0. The number of carbonyl (C=O) groups excluding carboxylic acids is 1. The smallest absolute Gasteiger partial charge is 0.279 e. The number of rotatable bonds is 2. The van der Waals surface area contributed by atoms with E-state index in [-0.39, 0.29) is 28.7 Å². The van der Waals surface area contributed by atoms with E-state index in [0.717, 1.165) is 16.8 Å². The molecule has 2 aromatic carbocycles. The summed E-state index contributed by atoms with van der Waals surface area (Å²) >= 11 is 1.40. The fraction of sp³-hybridized carbons (Fsp3) is 0.300. The van der Waals surface area contributed by atoms with Crippen LogP contribution in [0.3, 0.4) is 0 Å². The molecule has 0 aliphatic carbocycles. The van der Waals surface area contributed by atoms with Gasteiger partial charge >= 0.3 is 0 Å². The molecule has 0 spiro atoms. The Balaban J connectivity index is 1.78. The van der Waals surface area contributed by atoms with Crippen LogP contribution in [0.1, 0.15) is 21.5 Å². The van der Waals surface area contributed by atoms with Crippen LogP contribution in [-0.4, -0.2) is 42.3 Å². The highest BCUT2D eigenvalue weighted by atomic mass is 32.2. The zero-order chi connectivity index (χ0) is 19.2. The number of hydrogen-bond acceptors (Lipinski definition) is 4. The zero-order valence-electron chi connectivity index (χ0n) is 15.1. The van der Waals surface area contributed by atoms with Crippen LogP contribution in [-0.2, 0) is 9.84 Å². The van der Waals surface area contributed by atoms with Gasteiger partial charge in [-0.3, -0.25) is 4.79 Å². The normalized spacial score (nSPS) is 25.0. The second-order valence-corrected chi connectivity index (χ2v) is 10.3. The maximum Gasteiger partial charge on any atom is 0.279 e. The number of hydrogen-bond donors (Lipinski definition) is 0. The summed E-state index contributed by atoms with van der Waals surface area (Å²) < 4.78 is 24.4. The molecule has 2 saturated heterocycles. The number of benzene rings is 2. The molecule has 0 saturated carbocycles. The molecule has 0 aromatic heterocycles. The lowest BCUT2D eigenvalue weighted by Crippen LogP contribution is -2.38. The molecule has 140 valence electrons. The Morgan fingerprint density at radius 1 is 1.07 bits per heavy atom. The van der Waals surface area contributed by atoms with Crippen molar-refractivity contribution < 1.29 is 13.2 Å². The van der Waals surface area contributed by atoms with Crippen LogP contribution < -0.4 is 4.90 Å². The quantitative estimate of drug-likeness (QED) is 0.774. The van der Waals surface area contributed by atoms with Crippen LogP contribution in [0.25, 0.3) is 0 Å². The van der Waals surface area contributed by atoms with Crippen molar-refractivity contribution in [3.8, 4) is 0 Å². The number of fused-ring (bicyclic) bond motifs is 1. The lowest BCUT2D eigenvalue weighted by Gasteiger charge is -2.26. The van der Waals surface area contributed by atoms with Gasteiger partial charge in [-0.05, 0) is 43.2 Å². The predicted octanol–water partition coefficient (Wildman–Crippen LogP) is 3.22. The number of aliphatic imine (C=N–C) groups is 1. The van der Waals surface area contributed by atoms with Crippen LogP contribution >= 0.6 is 11.8 Å². The van der Waals surface area contributed by atoms with E-state index >= 15 is 0 Å². The summed E-state index contributed by atoms with van der Waals surface area (Å²) in [5, 5.41) is 0.486. The van der Waals surface area contributed by atoms with Crippen molar-refractivity contribution in [1.29, 1.82) is 0 Å². The molecule has 27 heavy (non-hydrogen) atoms. The van der Waals surface area contributed by atoms with Gasteiger partial charge < -0.3 is 4.90 Å². The third kappa shape index (κ3) is 3.41. The van der Waals surface area contributed by atoms with E-state index in [4.69, 9.17) is 0 Å². The van der Waals surface area contributed by atoms with E-state index < -0.39 is 9.84 Å². The molecule has 1 amide bonds. The highest BCUT2D eigenvalue weighted by Gasteiger charge is 2.49. The summed E-state index contributed by atoms with van der Waals surface area (Å²) in [4.78, 5) is 19.0. The van der Waals surface area contributed by atoms with Crippen LogP contribution in [0.15, 0.2) is 53.5 Å². The van der Waals surface area contributed by atoms with Gasteiger partial charge in [0.05, 0.1) is 17.5 Å². The first kappa shape index (κ1) is 18.3. The maximum atomic E-state index is 12.6. The van der Waals surface area contributed by atoms with E-state index in [1.54, 1.807) is 24.3 Å². The summed E-state index contributed by atoms with van der Waals surface area (Å²) in [6.45, 7) is 4.04. The maximum absolute atomic E-state index is 12.6. The first-order valence-electron chi connectivity index (χ1n) is 8.76. The van der Waals surface area contributed by atoms with Gasteiger partial charge in [0.1, 0.15) is 0 Å². The molecular formula is C20H20N2O3S2. The number of nitrogens with zero attached hydrogens (tertiary/aromatic N) is 2. The van der Waals surface area contributed by atoms with Gasteiger partial charge in [0, 0.05) is 16.5 Å². The van der Waals surface area contributed by atoms with E-state index in [2.05, 4.69) is 4.99 Å². The van der Waals surface area contributed by atoms with Gasteiger partial charge in [-0.25, -0.2) is 8.42 Å². The minimum Gasteiger partial charge on any atom is -0.315 e. The summed E-state index contributed by atoms with van der Waals surface area (Å²) in [7, 11) is -3.08. The molecule has 5 nitrogen and oxygen atoms in total. The lowest BCUT2D eigenvalue weighted by molar-refractivity contribution is 0.100. The fourth-order valence-electron chi connectivity index (χ4n) is 3.57. The molecule has 2 aliphatic heterocycles. The highest BCUT2D eigenvalue weighted by molar-refractivity contribution is 8.16. The van der Waals surface area contributed by atoms with Crippen LogP contribution in [0, 0.1) is 13.8 Å². The number of amidine groups is 1. The van der Waals surface area contributed by atoms with Gasteiger partial charge in [-0.2, -0.15) is 4.99 Å². The number of aryl methyl sites for hydroxylation is 1. The van der Waals surface area contributed by atoms with Gasteiger partial charge in [-0.1, -0.05) is 42.1 Å². The lowest BCUT2D eigenvalue weighted by atomic mass is 10.1. The molecule has 0 N–H and O–H groups in total. The largest absolute Gasteiger partial charge is 0.315 e. The van der Waals surface area contributed by atoms with Crippen LogP contribution in [0.4, 0.5) is 5.69 Å². The van der Waals surface area contributed by atoms with Crippen LogP contribution in [0.2, 0.25) is 0 Å². The Kier molecular flexibility index (Phi) is 4.60. The Labute approximate surface area is 163 Å². The van der Waals surface area contributed by atoms with Crippen molar-refractivity contribution in [2.75, 3.05) is 16.4 Å². The average molecular weight is 401 g/mol. The molecule has 7 heteroatoms. The second-order valence-electron chi connectivity index (χ2n) is 6.96. The number of anilines is 1. The first-order chi connectivity index (χ1) is 12.9. The molecule has 2 heterocycles. The Bertz CT molecular complexity index is 1030. The number of amides is 1. The summed E-state index contributed by atoms with van der Waals surface area (Å²) in [5.41, 5.74) is 3.64. The topological polar surface area (TPSA) is 66.8 Å². The molecule has 2 fully saturated rings. The van der Waals surface area contributed by atoms with Gasteiger partial charge in [0.15, 0.2) is 15.0 Å². The van der Waals surface area contributed by atoms with Crippen molar-refractivity contribution in [3.05, 3.63) is 65.2 Å². The third-order valence-corrected chi connectivity index (χ3v) is 8.33. The molecule has 2 atom stereocenters. The van der Waals surface area contributed by atoms with Gasteiger partial charge in [0.2, 0.25) is 0 Å². The Morgan fingerprint density at radius 2 is 1.81 bits per heavy atom. The fourth-order valence-corrected chi connectivity index (χ4v) is 7.48. The van der Waals surface area contributed by atoms with E-state index in [1.807, 2.05) is 43.0 Å². The summed E-state index contributed by atoms with van der Waals surface area (Å²) in [5.74, 6) is -0.0880. The highest BCUT2D eigenvalue weighted by Crippen LogP contribution is 2.42. The SMILES string of the molecule is Cc1cccc(N2C(=NC(=O)c3ccccc3)SC3CS(=O)(=O)CC32)c1C. The minimum absolute atomic E-state index is 0.0938. The van der Waals surface area contributed by atoms with Crippen LogP contribution in [0.5, 0.6) is 0 Å². The molecule has 2 aromatic rings. The summed E-state index contributed by atoms with van der Waals surface area (Å²) in [6, 6.07) is 14.7. The first-order valence-corrected chi connectivity index (χ1v) is 11.5. The predicted molar refractivity (Wildman–Crippen MR) is 110 cm³/mol. The molecule has 4 rings (SSSR count). The average Bonchev–Trinajstić information content (AvgIpc) is 3.09. The monoisotopic (exact) mass is 400 g/mol. The molecule has 2 aliphatic rings. The molecule has 0 radical (unpaired) electrons. The Morgan fingerprint density at radius 3 is 2.56 bits per heavy atom. The second kappa shape index (κ2) is 6.80. The molecular weight excluding hydrogens is 380 g/mol. The number of sulfone groups is 1. The van der Waals surface area contributed by atoms with Crippen molar-refractivity contribution in [2.24, 2.45) is 4.99 Å². The number of carbonyl (C=O) groups is 1.